The highest BCUT2D eigenvalue weighted by Gasteiger charge is 2.66. The molecule has 4 N–H and O–H groups in total. The van der Waals surface area contributed by atoms with Crippen molar-refractivity contribution in [1.82, 2.24) is 10.2 Å². The van der Waals surface area contributed by atoms with Crippen LogP contribution in [0.5, 0.6) is 5.75 Å². The Hall–Kier alpha value is -3.48. The van der Waals surface area contributed by atoms with Gasteiger partial charge in [-0.2, -0.15) is 0 Å². The zero-order chi connectivity index (χ0) is 43.2. The Bertz CT molecular complexity index is 1780. The van der Waals surface area contributed by atoms with Gasteiger partial charge in [0, 0.05) is 51.0 Å². The number of nitrogens with zero attached hydrogens (tertiary/aromatic N) is 2. The third-order valence-electron chi connectivity index (χ3n) is 10.7. The van der Waals surface area contributed by atoms with Gasteiger partial charge in [0.2, 0.25) is 17.7 Å². The van der Waals surface area contributed by atoms with E-state index in [0.717, 1.165) is 16.9 Å². The summed E-state index contributed by atoms with van der Waals surface area (Å²) in [7, 11) is 9.19. The highest BCUT2D eigenvalue weighted by molar-refractivity contribution is 8.77. The van der Waals surface area contributed by atoms with E-state index >= 15 is 0 Å². The number of carbonyl (C=O) groups excluding carboxylic acids is 5. The number of anilines is 1. The van der Waals surface area contributed by atoms with E-state index in [4.69, 9.17) is 41.0 Å². The zero-order valence-electron chi connectivity index (χ0n) is 34.6. The summed E-state index contributed by atoms with van der Waals surface area (Å²) in [5.41, 5.74) is 4.04. The number of nitrogens with one attached hydrogen (secondary N) is 1. The first-order valence-corrected chi connectivity index (χ1v) is 21.8. The second-order valence-electron chi connectivity index (χ2n) is 15.8. The molecule has 18 heteroatoms. The van der Waals surface area contributed by atoms with Gasteiger partial charge < -0.3 is 44.3 Å². The normalized spacial score (nSPS) is 28.3. The van der Waals surface area contributed by atoms with E-state index in [1.807, 2.05) is 26.8 Å². The number of alkyl carbamates (subject to hydrolysis) is 1. The molecule has 2 fully saturated rings. The summed E-state index contributed by atoms with van der Waals surface area (Å²) in [6.45, 7) is 9.13. The van der Waals surface area contributed by atoms with Crippen molar-refractivity contribution in [3.63, 3.8) is 0 Å². The number of allylic oxidation sites excluding steroid dienone is 3. The van der Waals surface area contributed by atoms with Crippen molar-refractivity contribution in [2.45, 2.75) is 126 Å². The number of ether oxygens (including phenoxy) is 5. The number of carbonyl (C=O) groups is 5. The Kier molecular flexibility index (Phi) is 16.0. The molecule has 3 aliphatic rings. The molecule has 3 heterocycles. The number of likely N-dealkylation sites (N-methyl/N-ethyl adjacent to an activating group) is 1. The highest BCUT2D eigenvalue weighted by atomic mass is 35.5. The summed E-state index contributed by atoms with van der Waals surface area (Å²) < 4.78 is 28.8. The minimum atomic E-state index is -1.90. The average molecular weight is 869 g/mol. The molecular weight excluding hydrogens is 812 g/mol. The van der Waals surface area contributed by atoms with Crippen LogP contribution in [0.3, 0.4) is 0 Å². The summed E-state index contributed by atoms with van der Waals surface area (Å²) in [6.07, 6.45) is 1.70. The summed E-state index contributed by atoms with van der Waals surface area (Å²) in [6, 6.07) is 2.52. The van der Waals surface area contributed by atoms with Crippen molar-refractivity contribution in [2.75, 3.05) is 39.0 Å². The van der Waals surface area contributed by atoms with Gasteiger partial charge >= 0.3 is 12.1 Å². The first kappa shape index (κ1) is 47.2. The van der Waals surface area contributed by atoms with E-state index in [2.05, 4.69) is 5.32 Å². The van der Waals surface area contributed by atoms with Gasteiger partial charge in [0.05, 0.1) is 19.2 Å². The monoisotopic (exact) mass is 868 g/mol. The van der Waals surface area contributed by atoms with Crippen molar-refractivity contribution in [1.29, 1.82) is 0 Å². The second kappa shape index (κ2) is 19.7. The lowest BCUT2D eigenvalue weighted by atomic mass is 9.88. The largest absolute Gasteiger partial charge is 0.495 e. The van der Waals surface area contributed by atoms with E-state index in [1.165, 1.54) is 31.1 Å². The summed E-state index contributed by atoms with van der Waals surface area (Å²) >= 11 is 6.76. The Balaban J connectivity index is 1.60. The minimum Gasteiger partial charge on any atom is -0.495 e. The van der Waals surface area contributed by atoms with E-state index in [-0.39, 0.29) is 40.8 Å². The molecule has 0 radical (unpaired) electrons. The number of hydrogen-bond donors (Lipinski definition) is 3. The van der Waals surface area contributed by atoms with Crippen LogP contribution in [0.15, 0.2) is 35.9 Å². The number of methoxy groups -OCH3 is 2. The average Bonchev–Trinajstić information content (AvgIpc) is 3.86. The zero-order valence-corrected chi connectivity index (χ0v) is 37.0. The van der Waals surface area contributed by atoms with Gasteiger partial charge in [-0.05, 0) is 71.6 Å². The number of rotatable bonds is 14. The van der Waals surface area contributed by atoms with Gasteiger partial charge in [-0.25, -0.2) is 9.59 Å². The van der Waals surface area contributed by atoms with Gasteiger partial charge in [0.15, 0.2) is 5.72 Å². The first-order valence-electron chi connectivity index (χ1n) is 19.1. The second-order valence-corrected chi connectivity index (χ2v) is 19.3. The van der Waals surface area contributed by atoms with Crippen LogP contribution >= 0.6 is 33.2 Å². The van der Waals surface area contributed by atoms with Crippen molar-refractivity contribution in [3.8, 4) is 5.75 Å². The van der Waals surface area contributed by atoms with Crippen molar-refractivity contribution in [2.24, 2.45) is 5.73 Å². The highest BCUT2D eigenvalue weighted by Crippen LogP contribution is 2.48. The van der Waals surface area contributed by atoms with Crippen LogP contribution in [-0.4, -0.2) is 120 Å². The molecule has 58 heavy (non-hydrogen) atoms. The van der Waals surface area contributed by atoms with E-state index in [9.17, 15) is 29.1 Å². The number of nitrogens with two attached hydrogens (primary N) is 1. The van der Waals surface area contributed by atoms with Crippen LogP contribution in [0.1, 0.15) is 78.7 Å². The summed E-state index contributed by atoms with van der Waals surface area (Å²) in [4.78, 5) is 68.1. The number of esters is 1. The SMILES string of the molecule is COc1cc2cc(c1Cl)N(C)C(=O)CC(OC(=O)C(C)N(C)C(=O)CCC(C)(C)SSCCCC(N)=O)C1(C)OC1C1CC(O)(NC(=O)O1)C(OC)/C=C/C=C(\C)C2. The standard InChI is InChI=1S/C40H57ClN4O11S2/c1-23-12-10-13-29(53-9)40(51)22-28(54-37(50)43-40)35-39(5,56-35)30(21-33(48)45(7)26-19-25(18-23)20-27(52-8)34(26)41)55-36(49)24(2)44(6)32(47)15-16-38(3,4)58-57-17-11-14-31(42)46/h10,12-13,19-20,24,28-30,35,51H,11,14-18,21-22H2,1-9H3,(H2,42,46)(H,43,50)/b13-10+,23-12+. The lowest BCUT2D eigenvalue weighted by Crippen LogP contribution is -2.63. The Morgan fingerprint density at radius 1 is 1.22 bits per heavy atom. The molecule has 1 aromatic carbocycles. The van der Waals surface area contributed by atoms with Gasteiger partial charge in [-0.3, -0.25) is 19.7 Å². The maximum atomic E-state index is 14.2. The fourth-order valence-corrected chi connectivity index (χ4v) is 9.82. The van der Waals surface area contributed by atoms with Crippen molar-refractivity contribution in [3.05, 3.63) is 46.5 Å². The molecular formula is C40H57ClN4O11S2. The van der Waals surface area contributed by atoms with Gasteiger partial charge in [0.1, 0.15) is 46.8 Å². The summed E-state index contributed by atoms with van der Waals surface area (Å²) in [5.74, 6) is -0.770. The Morgan fingerprint density at radius 2 is 1.93 bits per heavy atom. The number of hydrogen-bond acceptors (Lipinski definition) is 13. The number of amides is 4. The molecule has 7 atom stereocenters. The lowest BCUT2D eigenvalue weighted by Gasteiger charge is -2.40. The molecule has 0 saturated carbocycles. The first-order chi connectivity index (χ1) is 27.1. The van der Waals surface area contributed by atoms with Crippen LogP contribution in [0.4, 0.5) is 10.5 Å². The smallest absolute Gasteiger partial charge is 0.409 e. The van der Waals surface area contributed by atoms with E-state index in [0.29, 0.717) is 37.1 Å². The van der Waals surface area contributed by atoms with E-state index < -0.39 is 59.8 Å². The van der Waals surface area contributed by atoms with Gasteiger partial charge in [-0.1, -0.05) is 57.0 Å². The maximum Gasteiger partial charge on any atom is 0.409 e. The molecule has 15 nitrogen and oxygen atoms in total. The van der Waals surface area contributed by atoms with Crippen molar-refractivity contribution >= 4 is 68.7 Å². The number of fused-ring (bicyclic) bond motifs is 6. The molecule has 2 saturated heterocycles. The topological polar surface area (TPSA) is 200 Å². The molecule has 7 unspecified atom stereocenters. The molecule has 4 rings (SSSR count). The lowest BCUT2D eigenvalue weighted by molar-refractivity contribution is -0.162. The van der Waals surface area contributed by atoms with Gasteiger partial charge in [0.25, 0.3) is 0 Å². The van der Waals surface area contributed by atoms with Crippen LogP contribution in [0, 0.1) is 0 Å². The molecule has 0 aliphatic carbocycles. The minimum absolute atomic E-state index is 0.159. The predicted molar refractivity (Wildman–Crippen MR) is 224 cm³/mol. The molecule has 1 aromatic rings. The summed E-state index contributed by atoms with van der Waals surface area (Å²) in [5, 5.41) is 14.4. The molecule has 3 aliphatic heterocycles. The van der Waals surface area contributed by atoms with Crippen molar-refractivity contribution < 1.29 is 52.8 Å². The number of epoxide rings is 1. The number of halogens is 1. The number of benzene rings is 1. The van der Waals surface area contributed by atoms with Crippen LogP contribution in [0.2, 0.25) is 5.02 Å². The molecule has 0 aromatic heterocycles. The Labute approximate surface area is 353 Å². The van der Waals surface area contributed by atoms with Gasteiger partial charge in [-0.15, -0.1) is 0 Å². The number of aliphatic hydroxyl groups is 1. The fourth-order valence-electron chi connectivity index (χ4n) is 6.85. The fraction of sp³-hybridized carbons (Fsp3) is 0.625. The maximum absolute atomic E-state index is 14.2. The molecule has 322 valence electrons. The third kappa shape index (κ3) is 11.8. The van der Waals surface area contributed by atoms with Crippen LogP contribution < -0.4 is 20.7 Å². The quantitative estimate of drug-likeness (QED) is 0.0969. The molecule has 0 spiro atoms. The van der Waals surface area contributed by atoms with E-state index in [1.54, 1.807) is 66.8 Å². The predicted octanol–water partition coefficient (Wildman–Crippen LogP) is 5.08. The van der Waals surface area contributed by atoms with Crippen LogP contribution in [0.25, 0.3) is 0 Å². The van der Waals surface area contributed by atoms with Crippen LogP contribution in [-0.2, 0) is 44.5 Å². The Morgan fingerprint density at radius 3 is 2.59 bits per heavy atom. The number of primary amides is 1. The molecule has 4 amide bonds. The third-order valence-corrected chi connectivity index (χ3v) is 14.5. The molecule has 4 bridgehead atoms.